The Kier molecular flexibility index (Phi) is 4.82. The number of amides is 1. The van der Waals surface area contributed by atoms with Crippen molar-refractivity contribution in [2.45, 2.75) is 31.7 Å². The summed E-state index contributed by atoms with van der Waals surface area (Å²) >= 11 is 0. The summed E-state index contributed by atoms with van der Waals surface area (Å²) < 4.78 is 48.0. The number of hydrogen-bond acceptors (Lipinski definition) is 2. The average molecular weight is 216 g/mol. The fraction of sp³-hybridized carbons (Fsp3) is 0.857. The molecule has 84 valence electrons. The zero-order chi connectivity index (χ0) is 11.4. The molecule has 0 saturated heterocycles. The third-order valence-corrected chi connectivity index (χ3v) is 1.66. The summed E-state index contributed by atoms with van der Waals surface area (Å²) in [5.41, 5.74) is 4.82. The van der Waals surface area contributed by atoms with E-state index in [0.717, 1.165) is 0 Å². The van der Waals surface area contributed by atoms with Gasteiger partial charge in [0.25, 0.3) is 0 Å². The summed E-state index contributed by atoms with van der Waals surface area (Å²) in [5, 5.41) is 1.99. The lowest BCUT2D eigenvalue weighted by Gasteiger charge is -2.19. The van der Waals surface area contributed by atoms with Crippen LogP contribution in [0.4, 0.5) is 17.6 Å². The number of nitrogens with two attached hydrogens (primary N) is 1. The lowest BCUT2D eigenvalue weighted by atomic mass is 10.2. The maximum absolute atomic E-state index is 12.3. The Hall–Kier alpha value is -0.850. The number of hydrogen-bond donors (Lipinski definition) is 2. The van der Waals surface area contributed by atoms with Gasteiger partial charge in [-0.25, -0.2) is 8.78 Å². The lowest BCUT2D eigenvalue weighted by Crippen LogP contribution is -2.48. The highest BCUT2D eigenvalue weighted by Gasteiger charge is 2.40. The molecule has 3 N–H and O–H groups in total. The molecule has 0 aliphatic heterocycles. The Balaban J connectivity index is 4.09. The Bertz CT molecular complexity index is 198. The number of halogens is 4. The van der Waals surface area contributed by atoms with Gasteiger partial charge in [-0.2, -0.15) is 8.78 Å². The third kappa shape index (κ3) is 3.91. The van der Waals surface area contributed by atoms with Crippen LogP contribution in [0.1, 0.15) is 13.3 Å². The summed E-state index contributed by atoms with van der Waals surface area (Å²) in [4.78, 5) is 10.5. The Morgan fingerprint density at radius 1 is 1.50 bits per heavy atom. The van der Waals surface area contributed by atoms with Crippen molar-refractivity contribution in [3.63, 3.8) is 0 Å². The monoisotopic (exact) mass is 216 g/mol. The van der Waals surface area contributed by atoms with Crippen LogP contribution >= 0.6 is 0 Å². The number of primary amides is 1. The number of carbonyl (C=O) groups excluding carboxylic acids is 1. The molecule has 0 saturated carbocycles. The SMILES string of the molecule is CCC(NCC(F)(F)C(F)F)C(N)=O. The minimum absolute atomic E-state index is 0.175. The van der Waals surface area contributed by atoms with Gasteiger partial charge in [0, 0.05) is 0 Å². The van der Waals surface area contributed by atoms with Gasteiger partial charge in [-0.05, 0) is 6.42 Å². The van der Waals surface area contributed by atoms with E-state index >= 15 is 0 Å². The second-order valence-corrected chi connectivity index (χ2v) is 2.81. The maximum atomic E-state index is 12.3. The molecule has 0 aromatic rings. The minimum atomic E-state index is -4.14. The molecular formula is C7H12F4N2O. The molecule has 0 rings (SSSR count). The van der Waals surface area contributed by atoms with Crippen LogP contribution in [0.15, 0.2) is 0 Å². The van der Waals surface area contributed by atoms with Crippen molar-refractivity contribution in [2.75, 3.05) is 6.54 Å². The van der Waals surface area contributed by atoms with Crippen molar-refractivity contribution < 1.29 is 22.4 Å². The van der Waals surface area contributed by atoms with E-state index in [9.17, 15) is 22.4 Å². The molecule has 0 heterocycles. The van der Waals surface area contributed by atoms with E-state index in [2.05, 4.69) is 0 Å². The molecule has 0 fully saturated rings. The number of alkyl halides is 4. The highest BCUT2D eigenvalue weighted by molar-refractivity contribution is 5.79. The van der Waals surface area contributed by atoms with Crippen LogP contribution in [-0.4, -0.2) is 30.8 Å². The minimum Gasteiger partial charge on any atom is -0.368 e. The van der Waals surface area contributed by atoms with Crippen LogP contribution < -0.4 is 11.1 Å². The Labute approximate surface area is 78.6 Å². The largest absolute Gasteiger partial charge is 0.368 e. The molecule has 0 aromatic heterocycles. The van der Waals surface area contributed by atoms with Gasteiger partial charge < -0.3 is 5.73 Å². The number of carbonyl (C=O) groups is 1. The van der Waals surface area contributed by atoms with Crippen molar-refractivity contribution in [3.8, 4) is 0 Å². The fourth-order valence-electron chi connectivity index (χ4n) is 0.783. The Morgan fingerprint density at radius 3 is 2.29 bits per heavy atom. The van der Waals surface area contributed by atoms with Gasteiger partial charge in [0.1, 0.15) is 0 Å². The van der Waals surface area contributed by atoms with Crippen LogP contribution in [0.3, 0.4) is 0 Å². The van der Waals surface area contributed by atoms with Gasteiger partial charge in [-0.1, -0.05) is 6.92 Å². The van der Waals surface area contributed by atoms with E-state index in [1.165, 1.54) is 6.92 Å². The molecule has 1 atom stereocenters. The van der Waals surface area contributed by atoms with Crippen LogP contribution in [0, 0.1) is 0 Å². The second kappa shape index (κ2) is 5.14. The fourth-order valence-corrected chi connectivity index (χ4v) is 0.783. The summed E-state index contributed by atoms with van der Waals surface area (Å²) in [5.74, 6) is -4.97. The average Bonchev–Trinajstić information content (AvgIpc) is 2.04. The molecule has 0 bridgehead atoms. The van der Waals surface area contributed by atoms with Gasteiger partial charge in [-0.3, -0.25) is 10.1 Å². The number of rotatable bonds is 6. The van der Waals surface area contributed by atoms with Crippen molar-refractivity contribution in [1.82, 2.24) is 5.32 Å². The standard InChI is InChI=1S/C7H12F4N2O/c1-2-4(5(12)14)13-3-7(10,11)6(8)9/h4,6,13H,2-3H2,1H3,(H2,12,14). The zero-order valence-corrected chi connectivity index (χ0v) is 7.57. The first-order chi connectivity index (χ1) is 6.31. The van der Waals surface area contributed by atoms with Gasteiger partial charge in [0.05, 0.1) is 12.6 Å². The van der Waals surface area contributed by atoms with E-state index < -0.39 is 30.8 Å². The summed E-state index contributed by atoms with van der Waals surface area (Å²) in [7, 11) is 0. The number of nitrogens with one attached hydrogen (secondary N) is 1. The maximum Gasteiger partial charge on any atom is 0.319 e. The van der Waals surface area contributed by atoms with Crippen molar-refractivity contribution in [2.24, 2.45) is 5.73 Å². The quantitative estimate of drug-likeness (QED) is 0.643. The Morgan fingerprint density at radius 2 is 2.00 bits per heavy atom. The zero-order valence-electron chi connectivity index (χ0n) is 7.57. The lowest BCUT2D eigenvalue weighted by molar-refractivity contribution is -0.130. The second-order valence-electron chi connectivity index (χ2n) is 2.81. The van der Waals surface area contributed by atoms with E-state index in [0.29, 0.717) is 0 Å². The summed E-state index contributed by atoms with van der Waals surface area (Å²) in [6, 6.07) is -1.00. The topological polar surface area (TPSA) is 55.1 Å². The van der Waals surface area contributed by atoms with Gasteiger partial charge in [-0.15, -0.1) is 0 Å². The highest BCUT2D eigenvalue weighted by atomic mass is 19.3. The molecule has 0 aromatic carbocycles. The molecule has 0 radical (unpaired) electrons. The molecule has 14 heavy (non-hydrogen) atoms. The van der Waals surface area contributed by atoms with E-state index in [4.69, 9.17) is 5.73 Å². The molecule has 3 nitrogen and oxygen atoms in total. The highest BCUT2D eigenvalue weighted by Crippen LogP contribution is 2.21. The van der Waals surface area contributed by atoms with Crippen LogP contribution in [0.25, 0.3) is 0 Å². The molecule has 0 aliphatic carbocycles. The first-order valence-electron chi connectivity index (χ1n) is 4.00. The molecular weight excluding hydrogens is 204 g/mol. The predicted molar refractivity (Wildman–Crippen MR) is 42.2 cm³/mol. The van der Waals surface area contributed by atoms with Crippen LogP contribution in [-0.2, 0) is 4.79 Å². The smallest absolute Gasteiger partial charge is 0.319 e. The van der Waals surface area contributed by atoms with Crippen molar-refractivity contribution >= 4 is 5.91 Å². The van der Waals surface area contributed by atoms with Crippen molar-refractivity contribution in [1.29, 1.82) is 0 Å². The molecule has 7 heteroatoms. The first-order valence-corrected chi connectivity index (χ1v) is 4.00. The molecule has 0 spiro atoms. The predicted octanol–water partition coefficient (Wildman–Crippen LogP) is 0.740. The van der Waals surface area contributed by atoms with Gasteiger partial charge in [0.2, 0.25) is 5.91 Å². The van der Waals surface area contributed by atoms with E-state index in [1.807, 2.05) is 5.32 Å². The third-order valence-electron chi connectivity index (χ3n) is 1.66. The summed E-state index contributed by atoms with van der Waals surface area (Å²) in [6.07, 6.45) is -3.57. The normalized spacial score (nSPS) is 14.4. The summed E-state index contributed by atoms with van der Waals surface area (Å²) in [6.45, 7) is 0.273. The molecule has 1 unspecified atom stereocenters. The molecule has 1 amide bonds. The van der Waals surface area contributed by atoms with Crippen molar-refractivity contribution in [3.05, 3.63) is 0 Å². The van der Waals surface area contributed by atoms with Gasteiger partial charge >= 0.3 is 12.3 Å². The van der Waals surface area contributed by atoms with Gasteiger partial charge in [0.15, 0.2) is 0 Å². The first kappa shape index (κ1) is 13.2. The molecule has 0 aliphatic rings. The van der Waals surface area contributed by atoms with Crippen LogP contribution in [0.2, 0.25) is 0 Å². The van der Waals surface area contributed by atoms with Crippen LogP contribution in [0.5, 0.6) is 0 Å². The van der Waals surface area contributed by atoms with E-state index in [1.54, 1.807) is 0 Å². The van der Waals surface area contributed by atoms with E-state index in [-0.39, 0.29) is 6.42 Å².